The summed E-state index contributed by atoms with van der Waals surface area (Å²) in [5.74, 6) is 1.98. The Hall–Kier alpha value is -0.890. The lowest BCUT2D eigenvalue weighted by molar-refractivity contribution is 0.449. The minimum Gasteiger partial charge on any atom is -0.506 e. The molecule has 3 heteroatoms. The highest BCUT2D eigenvalue weighted by Crippen LogP contribution is 2.45. The van der Waals surface area contributed by atoms with Crippen molar-refractivity contribution in [2.75, 3.05) is 0 Å². The molecular weight excluding hydrogens is 308 g/mol. The van der Waals surface area contributed by atoms with E-state index in [9.17, 15) is 10.2 Å². The van der Waals surface area contributed by atoms with Crippen LogP contribution in [0.25, 0.3) is 0 Å². The smallest absolute Gasteiger partial charge is 0.138 e. The first-order chi connectivity index (χ1) is 11.1. The quantitative estimate of drug-likeness (QED) is 0.454. The van der Waals surface area contributed by atoms with E-state index in [2.05, 4.69) is 6.92 Å². The molecule has 0 unspecified atom stereocenters. The van der Waals surface area contributed by atoms with Gasteiger partial charge in [0, 0.05) is 0 Å². The molecule has 0 bridgehead atoms. The summed E-state index contributed by atoms with van der Waals surface area (Å²) in [5.41, 5.74) is 0.963. The topological polar surface area (TPSA) is 40.5 Å². The molecular formula is C20H31ClO2. The Morgan fingerprint density at radius 3 is 2.04 bits per heavy atom. The Bertz CT molecular complexity index is 464. The maximum atomic E-state index is 9.61. The number of phenolic OH excluding ortho intramolecular Hbond substituents is 2. The fraction of sp³-hybridized carbons (Fsp3) is 0.700. The minimum absolute atomic E-state index is 0.0226. The Balaban J connectivity index is 1.52. The predicted molar refractivity (Wildman–Crippen MR) is 97.3 cm³/mol. The molecule has 1 aromatic rings. The highest BCUT2D eigenvalue weighted by molar-refractivity contribution is 6.33. The summed E-state index contributed by atoms with van der Waals surface area (Å²) in [6.45, 7) is 2.27. The molecule has 2 atom stereocenters. The number of halogens is 1. The molecule has 1 aromatic carbocycles. The van der Waals surface area contributed by atoms with Gasteiger partial charge in [-0.3, -0.25) is 0 Å². The van der Waals surface area contributed by atoms with Gasteiger partial charge in [0.05, 0.1) is 0 Å². The lowest BCUT2D eigenvalue weighted by atomic mass is 10.0. The lowest BCUT2D eigenvalue weighted by Crippen LogP contribution is -1.89. The van der Waals surface area contributed by atoms with Crippen LogP contribution in [0.4, 0.5) is 0 Å². The molecule has 2 N–H and O–H groups in total. The van der Waals surface area contributed by atoms with Crippen molar-refractivity contribution < 1.29 is 10.2 Å². The van der Waals surface area contributed by atoms with Crippen molar-refractivity contribution in [3.63, 3.8) is 0 Å². The zero-order chi connectivity index (χ0) is 16.7. The third kappa shape index (κ3) is 6.25. The normalized spacial score (nSPS) is 19.9. The molecule has 0 spiro atoms. The van der Waals surface area contributed by atoms with Crippen LogP contribution in [0.15, 0.2) is 12.1 Å². The molecule has 0 radical (unpaired) electrons. The zero-order valence-electron chi connectivity index (χ0n) is 14.4. The molecule has 23 heavy (non-hydrogen) atoms. The molecule has 0 aromatic heterocycles. The van der Waals surface area contributed by atoms with Crippen molar-refractivity contribution in [3.8, 4) is 11.5 Å². The molecule has 0 heterocycles. The third-order valence-electron chi connectivity index (χ3n) is 5.13. The summed E-state index contributed by atoms with van der Waals surface area (Å²) in [7, 11) is 0. The molecule has 2 nitrogen and oxygen atoms in total. The van der Waals surface area contributed by atoms with Gasteiger partial charge >= 0.3 is 0 Å². The molecule has 0 aliphatic heterocycles. The average molecular weight is 339 g/mol. The average Bonchev–Trinajstić information content (AvgIpc) is 3.27. The van der Waals surface area contributed by atoms with E-state index in [1.54, 1.807) is 12.1 Å². The van der Waals surface area contributed by atoms with Crippen LogP contribution < -0.4 is 0 Å². The van der Waals surface area contributed by atoms with Crippen LogP contribution in [-0.4, -0.2) is 10.2 Å². The van der Waals surface area contributed by atoms with Crippen molar-refractivity contribution in [2.24, 2.45) is 11.8 Å². The Morgan fingerprint density at radius 2 is 1.48 bits per heavy atom. The van der Waals surface area contributed by atoms with Gasteiger partial charge in [-0.2, -0.15) is 0 Å². The summed E-state index contributed by atoms with van der Waals surface area (Å²) >= 11 is 5.74. The SMILES string of the molecule is CCCCCC[C@H]1C[C@H]1CCCCCc1cc(O)c(Cl)c(O)c1. The third-order valence-corrected chi connectivity index (χ3v) is 5.52. The molecule has 1 aliphatic rings. The highest BCUT2D eigenvalue weighted by Gasteiger charge is 2.34. The van der Waals surface area contributed by atoms with Crippen LogP contribution in [-0.2, 0) is 6.42 Å². The molecule has 1 fully saturated rings. The van der Waals surface area contributed by atoms with Crippen molar-refractivity contribution in [1.29, 1.82) is 0 Å². The number of phenols is 2. The first-order valence-corrected chi connectivity index (χ1v) is 9.70. The number of hydrogen-bond acceptors (Lipinski definition) is 2. The molecule has 0 saturated heterocycles. The van der Waals surface area contributed by atoms with Crippen molar-refractivity contribution in [3.05, 3.63) is 22.7 Å². The standard InChI is InChI=1S/C20H31ClO2/c1-2-3-4-7-10-16-14-17(16)11-8-5-6-9-15-12-18(22)20(21)19(23)13-15/h12-13,16-17,22-23H,2-11,14H2,1H3/t16-,17+/m0/s1. The second-order valence-corrected chi connectivity index (χ2v) is 7.53. The van der Waals surface area contributed by atoms with Gasteiger partial charge in [-0.25, -0.2) is 0 Å². The van der Waals surface area contributed by atoms with E-state index in [-0.39, 0.29) is 16.5 Å². The summed E-state index contributed by atoms with van der Waals surface area (Å²) in [5, 5.41) is 19.3. The molecule has 130 valence electrons. The molecule has 1 aliphatic carbocycles. The summed E-state index contributed by atoms with van der Waals surface area (Å²) < 4.78 is 0. The summed E-state index contributed by atoms with van der Waals surface area (Å²) in [4.78, 5) is 0. The first-order valence-electron chi connectivity index (χ1n) is 9.32. The van der Waals surface area contributed by atoms with Gasteiger partial charge in [-0.1, -0.05) is 69.9 Å². The van der Waals surface area contributed by atoms with Crippen LogP contribution in [0, 0.1) is 11.8 Å². The van der Waals surface area contributed by atoms with Crippen LogP contribution in [0.1, 0.15) is 76.7 Å². The van der Waals surface area contributed by atoms with Crippen LogP contribution in [0.2, 0.25) is 5.02 Å². The summed E-state index contributed by atoms with van der Waals surface area (Å²) in [6.07, 6.45) is 14.4. The van der Waals surface area contributed by atoms with Gasteiger partial charge < -0.3 is 10.2 Å². The van der Waals surface area contributed by atoms with Gasteiger partial charge in [0.2, 0.25) is 0 Å². The van der Waals surface area contributed by atoms with E-state index in [1.165, 1.54) is 57.8 Å². The first kappa shape index (κ1) is 18.4. The van der Waals surface area contributed by atoms with Gasteiger partial charge in [0.25, 0.3) is 0 Å². The molecule has 0 amide bonds. The fourth-order valence-electron chi connectivity index (χ4n) is 3.56. The van der Waals surface area contributed by atoms with Crippen LogP contribution in [0.3, 0.4) is 0 Å². The number of hydrogen-bond donors (Lipinski definition) is 2. The van der Waals surface area contributed by atoms with E-state index in [1.807, 2.05) is 0 Å². The fourth-order valence-corrected chi connectivity index (χ4v) is 3.67. The number of aromatic hydroxyl groups is 2. The van der Waals surface area contributed by atoms with E-state index in [0.29, 0.717) is 0 Å². The second kappa shape index (κ2) is 9.42. The lowest BCUT2D eigenvalue weighted by Gasteiger charge is -2.06. The second-order valence-electron chi connectivity index (χ2n) is 7.15. The van der Waals surface area contributed by atoms with Crippen molar-refractivity contribution in [2.45, 2.75) is 77.6 Å². The van der Waals surface area contributed by atoms with E-state index >= 15 is 0 Å². The number of unbranched alkanes of at least 4 members (excludes halogenated alkanes) is 5. The largest absolute Gasteiger partial charge is 0.506 e. The van der Waals surface area contributed by atoms with Gasteiger partial charge in [0.1, 0.15) is 16.5 Å². The molecule has 2 rings (SSSR count). The van der Waals surface area contributed by atoms with E-state index < -0.39 is 0 Å². The van der Waals surface area contributed by atoms with Crippen molar-refractivity contribution in [1.82, 2.24) is 0 Å². The Morgan fingerprint density at radius 1 is 0.913 bits per heavy atom. The molecule has 1 saturated carbocycles. The number of rotatable bonds is 11. The van der Waals surface area contributed by atoms with Gasteiger partial charge in [-0.05, 0) is 48.8 Å². The highest BCUT2D eigenvalue weighted by atomic mass is 35.5. The Labute approximate surface area is 145 Å². The van der Waals surface area contributed by atoms with Crippen LogP contribution in [0.5, 0.6) is 11.5 Å². The van der Waals surface area contributed by atoms with E-state index in [4.69, 9.17) is 11.6 Å². The van der Waals surface area contributed by atoms with Gasteiger partial charge in [-0.15, -0.1) is 0 Å². The number of aryl methyl sites for hydroxylation is 1. The Kier molecular flexibility index (Phi) is 7.55. The monoisotopic (exact) mass is 338 g/mol. The van der Waals surface area contributed by atoms with Crippen LogP contribution >= 0.6 is 11.6 Å². The van der Waals surface area contributed by atoms with E-state index in [0.717, 1.165) is 30.2 Å². The van der Waals surface area contributed by atoms with Gasteiger partial charge in [0.15, 0.2) is 0 Å². The summed E-state index contributed by atoms with van der Waals surface area (Å²) in [6, 6.07) is 3.32. The van der Waals surface area contributed by atoms with Crippen molar-refractivity contribution >= 4 is 11.6 Å². The maximum absolute atomic E-state index is 9.61. The minimum atomic E-state index is -0.0226. The number of benzene rings is 1. The predicted octanol–water partition coefficient (Wildman–Crippen LogP) is 6.46. The maximum Gasteiger partial charge on any atom is 0.138 e. The zero-order valence-corrected chi connectivity index (χ0v) is 15.1.